The van der Waals surface area contributed by atoms with E-state index in [1.54, 1.807) is 6.07 Å². The highest BCUT2D eigenvalue weighted by atomic mass is 19.1. The lowest BCUT2D eigenvalue weighted by molar-refractivity contribution is 0.326. The van der Waals surface area contributed by atoms with E-state index >= 15 is 0 Å². The molecular formula is C17H18FNO. The fraction of sp³-hybridized carbons (Fsp3) is 0.294. The SMILES string of the molecule is Fc1ccccc1CCNCC1COc2ccccc21. The maximum atomic E-state index is 13.5. The van der Waals surface area contributed by atoms with Crippen LogP contribution in [0.4, 0.5) is 4.39 Å². The fourth-order valence-corrected chi connectivity index (χ4v) is 2.60. The monoisotopic (exact) mass is 271 g/mol. The molecule has 3 heteroatoms. The molecule has 1 aliphatic heterocycles. The van der Waals surface area contributed by atoms with E-state index in [9.17, 15) is 4.39 Å². The van der Waals surface area contributed by atoms with Gasteiger partial charge in [0.1, 0.15) is 11.6 Å². The maximum Gasteiger partial charge on any atom is 0.126 e. The van der Waals surface area contributed by atoms with E-state index in [1.807, 2.05) is 30.3 Å². The summed E-state index contributed by atoms with van der Waals surface area (Å²) in [4.78, 5) is 0. The predicted octanol–water partition coefficient (Wildman–Crippen LogP) is 3.13. The molecule has 2 aromatic rings. The zero-order chi connectivity index (χ0) is 13.8. The van der Waals surface area contributed by atoms with Crippen LogP contribution >= 0.6 is 0 Å². The molecule has 1 atom stereocenters. The minimum atomic E-state index is -0.121. The smallest absolute Gasteiger partial charge is 0.126 e. The van der Waals surface area contributed by atoms with Gasteiger partial charge in [-0.3, -0.25) is 0 Å². The minimum Gasteiger partial charge on any atom is -0.493 e. The summed E-state index contributed by atoms with van der Waals surface area (Å²) in [5.74, 6) is 1.27. The van der Waals surface area contributed by atoms with E-state index < -0.39 is 0 Å². The topological polar surface area (TPSA) is 21.3 Å². The van der Waals surface area contributed by atoms with E-state index in [0.29, 0.717) is 12.3 Å². The van der Waals surface area contributed by atoms with Crippen molar-refractivity contribution in [2.24, 2.45) is 0 Å². The summed E-state index contributed by atoms with van der Waals surface area (Å²) < 4.78 is 19.1. The molecule has 0 aliphatic carbocycles. The van der Waals surface area contributed by atoms with Gasteiger partial charge in [-0.25, -0.2) is 4.39 Å². The first-order valence-electron chi connectivity index (χ1n) is 7.00. The number of rotatable bonds is 5. The summed E-state index contributed by atoms with van der Waals surface area (Å²) in [6, 6.07) is 15.1. The van der Waals surface area contributed by atoms with Crippen molar-refractivity contribution >= 4 is 0 Å². The Kier molecular flexibility index (Phi) is 3.97. The van der Waals surface area contributed by atoms with Gasteiger partial charge in [-0.15, -0.1) is 0 Å². The van der Waals surface area contributed by atoms with E-state index in [-0.39, 0.29) is 5.82 Å². The standard InChI is InChI=1S/C17H18FNO/c18-16-7-3-1-5-13(16)9-10-19-11-14-12-20-17-8-4-2-6-15(14)17/h1-8,14,19H,9-12H2. The quantitative estimate of drug-likeness (QED) is 0.844. The highest BCUT2D eigenvalue weighted by Gasteiger charge is 2.22. The molecule has 0 bridgehead atoms. The first-order chi connectivity index (χ1) is 9.84. The van der Waals surface area contributed by atoms with E-state index in [2.05, 4.69) is 11.4 Å². The molecule has 1 aliphatic rings. The van der Waals surface area contributed by atoms with Gasteiger partial charge in [0.05, 0.1) is 6.61 Å². The lowest BCUT2D eigenvalue weighted by Gasteiger charge is -2.10. The van der Waals surface area contributed by atoms with Crippen molar-refractivity contribution in [3.63, 3.8) is 0 Å². The Bertz CT molecular complexity index is 585. The Balaban J connectivity index is 1.49. The molecular weight excluding hydrogens is 253 g/mol. The molecule has 2 nitrogen and oxygen atoms in total. The summed E-state index contributed by atoms with van der Waals surface area (Å²) >= 11 is 0. The fourth-order valence-electron chi connectivity index (χ4n) is 2.60. The molecule has 0 fully saturated rings. The number of benzene rings is 2. The van der Waals surface area contributed by atoms with Crippen molar-refractivity contribution in [1.29, 1.82) is 0 Å². The molecule has 20 heavy (non-hydrogen) atoms. The van der Waals surface area contributed by atoms with Gasteiger partial charge in [-0.05, 0) is 30.7 Å². The molecule has 104 valence electrons. The third-order valence-electron chi connectivity index (χ3n) is 3.72. The number of hydrogen-bond donors (Lipinski definition) is 1. The number of ether oxygens (including phenoxy) is 1. The second-order valence-corrected chi connectivity index (χ2v) is 5.09. The molecule has 0 radical (unpaired) electrons. The van der Waals surface area contributed by atoms with Crippen LogP contribution in [-0.4, -0.2) is 19.7 Å². The number of fused-ring (bicyclic) bond motifs is 1. The zero-order valence-corrected chi connectivity index (χ0v) is 11.3. The summed E-state index contributed by atoms with van der Waals surface area (Å²) in [6.45, 7) is 2.37. The van der Waals surface area contributed by atoms with Crippen molar-refractivity contribution in [2.45, 2.75) is 12.3 Å². The Hall–Kier alpha value is -1.87. The van der Waals surface area contributed by atoms with Crippen molar-refractivity contribution in [3.05, 3.63) is 65.5 Å². The molecule has 0 saturated heterocycles. The van der Waals surface area contributed by atoms with Gasteiger partial charge in [0.15, 0.2) is 0 Å². The predicted molar refractivity (Wildman–Crippen MR) is 77.7 cm³/mol. The lowest BCUT2D eigenvalue weighted by atomic mass is 10.0. The minimum absolute atomic E-state index is 0.121. The second-order valence-electron chi connectivity index (χ2n) is 5.09. The van der Waals surface area contributed by atoms with Crippen LogP contribution in [0.2, 0.25) is 0 Å². The van der Waals surface area contributed by atoms with Crippen LogP contribution in [-0.2, 0) is 6.42 Å². The second kappa shape index (κ2) is 6.06. The first kappa shape index (κ1) is 13.1. The van der Waals surface area contributed by atoms with Crippen LogP contribution in [0.25, 0.3) is 0 Å². The molecule has 0 saturated carbocycles. The van der Waals surface area contributed by atoms with Gasteiger partial charge >= 0.3 is 0 Å². The average Bonchev–Trinajstić information content (AvgIpc) is 2.89. The van der Waals surface area contributed by atoms with E-state index in [0.717, 1.165) is 31.0 Å². The largest absolute Gasteiger partial charge is 0.493 e. The van der Waals surface area contributed by atoms with Crippen LogP contribution < -0.4 is 10.1 Å². The molecule has 1 heterocycles. The molecule has 0 spiro atoms. The third-order valence-corrected chi connectivity index (χ3v) is 3.72. The molecule has 2 aromatic carbocycles. The Morgan fingerprint density at radius 2 is 1.90 bits per heavy atom. The lowest BCUT2D eigenvalue weighted by Crippen LogP contribution is -2.24. The van der Waals surface area contributed by atoms with Gasteiger partial charge in [0, 0.05) is 18.0 Å². The Morgan fingerprint density at radius 3 is 2.80 bits per heavy atom. The highest BCUT2D eigenvalue weighted by Crippen LogP contribution is 2.32. The van der Waals surface area contributed by atoms with Gasteiger partial charge in [0.2, 0.25) is 0 Å². The summed E-state index contributed by atoms with van der Waals surface area (Å²) in [5, 5.41) is 3.40. The van der Waals surface area contributed by atoms with Crippen molar-refractivity contribution < 1.29 is 9.13 Å². The van der Waals surface area contributed by atoms with Gasteiger partial charge in [0.25, 0.3) is 0 Å². The van der Waals surface area contributed by atoms with E-state index in [1.165, 1.54) is 11.6 Å². The molecule has 0 amide bonds. The Labute approximate surface area is 118 Å². The van der Waals surface area contributed by atoms with E-state index in [4.69, 9.17) is 4.74 Å². The highest BCUT2D eigenvalue weighted by molar-refractivity contribution is 5.39. The molecule has 1 unspecified atom stereocenters. The van der Waals surface area contributed by atoms with Crippen LogP contribution in [0.15, 0.2) is 48.5 Å². The van der Waals surface area contributed by atoms with Crippen LogP contribution in [0.5, 0.6) is 5.75 Å². The van der Waals surface area contributed by atoms with Crippen LogP contribution in [0.3, 0.4) is 0 Å². The number of halogens is 1. The van der Waals surface area contributed by atoms with Crippen LogP contribution in [0.1, 0.15) is 17.0 Å². The summed E-state index contributed by atoms with van der Waals surface area (Å²) in [6.07, 6.45) is 0.710. The number of nitrogens with one attached hydrogen (secondary N) is 1. The zero-order valence-electron chi connectivity index (χ0n) is 11.3. The first-order valence-corrected chi connectivity index (χ1v) is 7.00. The van der Waals surface area contributed by atoms with Crippen molar-refractivity contribution in [3.8, 4) is 5.75 Å². The van der Waals surface area contributed by atoms with Crippen LogP contribution in [0, 0.1) is 5.82 Å². The van der Waals surface area contributed by atoms with Gasteiger partial charge in [-0.1, -0.05) is 36.4 Å². The third kappa shape index (κ3) is 2.83. The average molecular weight is 271 g/mol. The van der Waals surface area contributed by atoms with Crippen molar-refractivity contribution in [2.75, 3.05) is 19.7 Å². The summed E-state index contributed by atoms with van der Waals surface area (Å²) in [7, 11) is 0. The number of para-hydroxylation sites is 1. The van der Waals surface area contributed by atoms with Gasteiger partial charge in [-0.2, -0.15) is 0 Å². The molecule has 0 aromatic heterocycles. The normalized spacial score (nSPS) is 16.8. The van der Waals surface area contributed by atoms with Crippen molar-refractivity contribution in [1.82, 2.24) is 5.32 Å². The Morgan fingerprint density at radius 1 is 1.10 bits per heavy atom. The maximum absolute atomic E-state index is 13.5. The molecule has 1 N–H and O–H groups in total. The molecule has 3 rings (SSSR count). The number of hydrogen-bond acceptors (Lipinski definition) is 2. The summed E-state index contributed by atoms with van der Waals surface area (Å²) in [5.41, 5.74) is 2.04. The van der Waals surface area contributed by atoms with Gasteiger partial charge < -0.3 is 10.1 Å².